The highest BCUT2D eigenvalue weighted by atomic mass is 16.5. The third-order valence-electron chi connectivity index (χ3n) is 6.95. The summed E-state index contributed by atoms with van der Waals surface area (Å²) in [5.74, 6) is 1.68. The van der Waals surface area contributed by atoms with Crippen molar-refractivity contribution in [3.05, 3.63) is 59.7 Å². The number of fused-ring (bicyclic) bond motifs is 3. The molecule has 2 bridgehead atoms. The Morgan fingerprint density at radius 3 is 2.80 bits per heavy atom. The lowest BCUT2D eigenvalue weighted by Gasteiger charge is -2.55. The summed E-state index contributed by atoms with van der Waals surface area (Å²) >= 11 is 0. The first-order valence-corrected chi connectivity index (χ1v) is 10.6. The number of hydrogen-bond acceptors (Lipinski definition) is 4. The number of ether oxygens (including phenoxy) is 2. The molecule has 0 saturated heterocycles. The molecule has 1 aliphatic heterocycles. The zero-order valence-corrected chi connectivity index (χ0v) is 17.0. The summed E-state index contributed by atoms with van der Waals surface area (Å²) in [4.78, 5) is 25.7. The molecule has 2 amide bonds. The predicted octanol–water partition coefficient (Wildman–Crippen LogP) is 3.27. The Labute approximate surface area is 176 Å². The molecule has 2 aromatic rings. The molecule has 1 heterocycles. The van der Waals surface area contributed by atoms with Gasteiger partial charge in [-0.15, -0.1) is 0 Å². The molecule has 3 saturated carbocycles. The maximum atomic E-state index is 13.0. The third-order valence-corrected chi connectivity index (χ3v) is 6.95. The van der Waals surface area contributed by atoms with Crippen molar-refractivity contribution in [3.63, 3.8) is 0 Å². The van der Waals surface area contributed by atoms with E-state index >= 15 is 0 Å². The molecule has 2 aromatic carbocycles. The van der Waals surface area contributed by atoms with E-state index in [-0.39, 0.29) is 29.6 Å². The van der Waals surface area contributed by atoms with E-state index in [9.17, 15) is 9.59 Å². The van der Waals surface area contributed by atoms with Gasteiger partial charge in [-0.25, -0.2) is 0 Å². The minimum Gasteiger partial charge on any atom is -0.496 e. The number of para-hydroxylation sites is 2. The Hall–Kier alpha value is -3.02. The van der Waals surface area contributed by atoms with Crippen LogP contribution < -0.4 is 20.1 Å². The zero-order chi connectivity index (χ0) is 20.7. The molecule has 6 heteroatoms. The fourth-order valence-electron chi connectivity index (χ4n) is 5.44. The number of benzene rings is 2. The molecule has 1 spiro atoms. The Morgan fingerprint density at radius 1 is 1.20 bits per heavy atom. The monoisotopic (exact) mass is 406 g/mol. The minimum absolute atomic E-state index is 0.0539. The van der Waals surface area contributed by atoms with Gasteiger partial charge in [0.2, 0.25) is 5.91 Å². The highest BCUT2D eigenvalue weighted by Crippen LogP contribution is 2.52. The highest BCUT2D eigenvalue weighted by molar-refractivity contribution is 5.98. The number of rotatable bonds is 4. The van der Waals surface area contributed by atoms with Crippen LogP contribution in [-0.2, 0) is 11.3 Å². The van der Waals surface area contributed by atoms with E-state index in [1.807, 2.05) is 42.5 Å². The second-order valence-corrected chi connectivity index (χ2v) is 8.55. The average molecular weight is 406 g/mol. The molecule has 6 rings (SSSR count). The van der Waals surface area contributed by atoms with Crippen LogP contribution in [0, 0.1) is 17.8 Å². The van der Waals surface area contributed by atoms with Gasteiger partial charge in [-0.05, 0) is 43.4 Å². The van der Waals surface area contributed by atoms with E-state index in [4.69, 9.17) is 9.47 Å². The maximum absolute atomic E-state index is 13.0. The van der Waals surface area contributed by atoms with Crippen molar-refractivity contribution in [2.45, 2.75) is 38.0 Å². The summed E-state index contributed by atoms with van der Waals surface area (Å²) in [6.45, 7) is 0.447. The Bertz CT molecular complexity index is 991. The molecule has 3 fully saturated rings. The van der Waals surface area contributed by atoms with Crippen molar-refractivity contribution in [1.82, 2.24) is 10.6 Å². The number of hydrogen-bond donors (Lipinski definition) is 2. The van der Waals surface area contributed by atoms with Crippen LogP contribution in [0.3, 0.4) is 0 Å². The number of nitrogens with one attached hydrogen (secondary N) is 2. The van der Waals surface area contributed by atoms with Crippen LogP contribution in [0.25, 0.3) is 0 Å². The smallest absolute Gasteiger partial charge is 0.258 e. The predicted molar refractivity (Wildman–Crippen MR) is 111 cm³/mol. The van der Waals surface area contributed by atoms with Crippen LogP contribution in [0.15, 0.2) is 48.5 Å². The van der Waals surface area contributed by atoms with E-state index in [0.717, 1.165) is 30.6 Å². The van der Waals surface area contributed by atoms with Gasteiger partial charge in [0.15, 0.2) is 5.72 Å². The first-order valence-electron chi connectivity index (χ1n) is 10.6. The fraction of sp³-hybridized carbons (Fsp3) is 0.417. The van der Waals surface area contributed by atoms with Gasteiger partial charge in [-0.3, -0.25) is 9.59 Å². The SMILES string of the molecule is COc1ccccc1CNC(=O)[C@H]1C[C@H]2CC[C@H]1C[C@]21NC(=O)c2ccccc2O1. The first-order chi connectivity index (χ1) is 14.6. The van der Waals surface area contributed by atoms with Gasteiger partial charge in [-0.2, -0.15) is 0 Å². The number of carbonyl (C=O) groups is 2. The summed E-state index contributed by atoms with van der Waals surface area (Å²) < 4.78 is 11.8. The summed E-state index contributed by atoms with van der Waals surface area (Å²) in [5.41, 5.74) is 0.856. The summed E-state index contributed by atoms with van der Waals surface area (Å²) in [6, 6.07) is 15.1. The lowest BCUT2D eigenvalue weighted by Crippen LogP contribution is -2.66. The average Bonchev–Trinajstić information content (AvgIpc) is 2.78. The van der Waals surface area contributed by atoms with Crippen molar-refractivity contribution in [1.29, 1.82) is 0 Å². The van der Waals surface area contributed by atoms with Crippen LogP contribution in [0.1, 0.15) is 41.6 Å². The van der Waals surface area contributed by atoms with E-state index in [1.165, 1.54) is 0 Å². The third kappa shape index (κ3) is 3.11. The van der Waals surface area contributed by atoms with Crippen LogP contribution in [-0.4, -0.2) is 24.6 Å². The normalized spacial score (nSPS) is 29.0. The molecule has 4 atom stereocenters. The molecule has 2 N–H and O–H groups in total. The van der Waals surface area contributed by atoms with Gasteiger partial charge in [0.05, 0.1) is 12.7 Å². The molecule has 30 heavy (non-hydrogen) atoms. The molecular formula is C24H26N2O4. The van der Waals surface area contributed by atoms with Crippen molar-refractivity contribution in [2.75, 3.05) is 7.11 Å². The first kappa shape index (κ1) is 19.0. The number of carbonyl (C=O) groups excluding carboxylic acids is 2. The van der Waals surface area contributed by atoms with E-state index in [2.05, 4.69) is 10.6 Å². The summed E-state index contributed by atoms with van der Waals surface area (Å²) in [7, 11) is 1.64. The van der Waals surface area contributed by atoms with Crippen LogP contribution in [0.4, 0.5) is 0 Å². The van der Waals surface area contributed by atoms with Gasteiger partial charge >= 0.3 is 0 Å². The molecule has 3 aliphatic carbocycles. The summed E-state index contributed by atoms with van der Waals surface area (Å²) in [5, 5.41) is 6.24. The van der Waals surface area contributed by atoms with E-state index in [1.54, 1.807) is 13.2 Å². The van der Waals surface area contributed by atoms with Gasteiger partial charge in [0, 0.05) is 30.4 Å². The van der Waals surface area contributed by atoms with Crippen molar-refractivity contribution >= 4 is 11.8 Å². The van der Waals surface area contributed by atoms with Crippen molar-refractivity contribution in [2.24, 2.45) is 17.8 Å². The molecular weight excluding hydrogens is 380 g/mol. The van der Waals surface area contributed by atoms with Crippen molar-refractivity contribution < 1.29 is 19.1 Å². The molecule has 156 valence electrons. The standard InChI is InChI=1S/C24H26N2O4/c1-29-20-8-4-2-6-16(20)14-25-22(27)19-12-17-11-10-15(19)13-24(17)26-23(28)18-7-3-5-9-21(18)30-24/h2-9,15,17,19H,10-14H2,1H3,(H,25,27)(H,26,28)/t15-,17+,19-,24+/m0/s1. The topological polar surface area (TPSA) is 76.7 Å². The molecule has 0 aromatic heterocycles. The Kier molecular flexibility index (Phi) is 4.65. The van der Waals surface area contributed by atoms with Crippen LogP contribution in [0.5, 0.6) is 11.5 Å². The van der Waals surface area contributed by atoms with Crippen LogP contribution in [0.2, 0.25) is 0 Å². The largest absolute Gasteiger partial charge is 0.496 e. The van der Waals surface area contributed by atoms with Gasteiger partial charge in [-0.1, -0.05) is 30.3 Å². The number of methoxy groups -OCH3 is 1. The lowest BCUT2D eigenvalue weighted by molar-refractivity contribution is -0.146. The molecule has 6 nitrogen and oxygen atoms in total. The highest BCUT2D eigenvalue weighted by Gasteiger charge is 2.57. The minimum atomic E-state index is -0.687. The van der Waals surface area contributed by atoms with Gasteiger partial charge < -0.3 is 20.1 Å². The van der Waals surface area contributed by atoms with Crippen molar-refractivity contribution in [3.8, 4) is 11.5 Å². The van der Waals surface area contributed by atoms with E-state index in [0.29, 0.717) is 24.3 Å². The second-order valence-electron chi connectivity index (χ2n) is 8.55. The number of amides is 2. The lowest BCUT2D eigenvalue weighted by atomic mass is 9.60. The second kappa shape index (κ2) is 7.35. The van der Waals surface area contributed by atoms with E-state index < -0.39 is 5.72 Å². The summed E-state index contributed by atoms with van der Waals surface area (Å²) in [6.07, 6.45) is 3.35. The van der Waals surface area contributed by atoms with Gasteiger partial charge in [0.1, 0.15) is 11.5 Å². The molecule has 0 unspecified atom stereocenters. The molecule has 4 aliphatic rings. The quantitative estimate of drug-likeness (QED) is 0.817. The molecule has 0 radical (unpaired) electrons. The Morgan fingerprint density at radius 2 is 2.00 bits per heavy atom. The fourth-order valence-corrected chi connectivity index (χ4v) is 5.44. The Balaban J connectivity index is 1.29. The maximum Gasteiger partial charge on any atom is 0.258 e. The van der Waals surface area contributed by atoms with Crippen LogP contribution >= 0.6 is 0 Å². The zero-order valence-electron chi connectivity index (χ0n) is 17.0. The van der Waals surface area contributed by atoms with Gasteiger partial charge in [0.25, 0.3) is 5.91 Å².